The number of methoxy groups -OCH3 is 1. The summed E-state index contributed by atoms with van der Waals surface area (Å²) in [7, 11) is 3.19. The first-order valence-electron chi connectivity index (χ1n) is 9.05. The second-order valence-corrected chi connectivity index (χ2v) is 6.84. The van der Waals surface area contributed by atoms with E-state index < -0.39 is 6.04 Å². The summed E-state index contributed by atoms with van der Waals surface area (Å²) in [6.45, 7) is 6.12. The first-order valence-corrected chi connectivity index (χ1v) is 9.05. The molecule has 27 heavy (non-hydrogen) atoms. The van der Waals surface area contributed by atoms with Gasteiger partial charge in [-0.05, 0) is 44.0 Å². The molecule has 0 radical (unpaired) electrons. The molecular formula is C22H28N2O3. The monoisotopic (exact) mass is 368 g/mol. The van der Waals surface area contributed by atoms with Gasteiger partial charge in [-0.25, -0.2) is 0 Å². The molecule has 0 heterocycles. The molecule has 5 nitrogen and oxygen atoms in total. The Balaban J connectivity index is 2.27. The van der Waals surface area contributed by atoms with E-state index in [-0.39, 0.29) is 18.2 Å². The number of nitrogens with one attached hydrogen (secondary N) is 1. The first-order chi connectivity index (χ1) is 12.8. The van der Waals surface area contributed by atoms with Crippen molar-refractivity contribution in [3.8, 4) is 5.75 Å². The predicted molar refractivity (Wildman–Crippen MR) is 107 cm³/mol. The van der Waals surface area contributed by atoms with Gasteiger partial charge in [0.2, 0.25) is 11.8 Å². The van der Waals surface area contributed by atoms with Crippen molar-refractivity contribution in [3.63, 3.8) is 0 Å². The van der Waals surface area contributed by atoms with Crippen LogP contribution in [-0.2, 0) is 22.6 Å². The first kappa shape index (κ1) is 20.5. The van der Waals surface area contributed by atoms with Crippen molar-refractivity contribution < 1.29 is 14.3 Å². The van der Waals surface area contributed by atoms with Gasteiger partial charge in [0.25, 0.3) is 0 Å². The molecule has 144 valence electrons. The van der Waals surface area contributed by atoms with E-state index in [1.54, 1.807) is 26.0 Å². The fourth-order valence-electron chi connectivity index (χ4n) is 3.21. The van der Waals surface area contributed by atoms with E-state index >= 15 is 0 Å². The Morgan fingerprint density at radius 1 is 1.07 bits per heavy atom. The van der Waals surface area contributed by atoms with Gasteiger partial charge in [-0.15, -0.1) is 0 Å². The van der Waals surface area contributed by atoms with Crippen LogP contribution in [0, 0.1) is 13.8 Å². The zero-order chi connectivity index (χ0) is 20.0. The van der Waals surface area contributed by atoms with Crippen LogP contribution in [0.15, 0.2) is 42.5 Å². The van der Waals surface area contributed by atoms with Crippen molar-refractivity contribution in [1.29, 1.82) is 0 Å². The van der Waals surface area contributed by atoms with E-state index in [4.69, 9.17) is 4.74 Å². The third-order valence-electron chi connectivity index (χ3n) is 4.54. The summed E-state index contributed by atoms with van der Waals surface area (Å²) >= 11 is 0. The number of carbonyl (C=O) groups is 2. The van der Waals surface area contributed by atoms with Crippen LogP contribution in [0.3, 0.4) is 0 Å². The molecule has 0 bridgehead atoms. The van der Waals surface area contributed by atoms with Crippen LogP contribution in [-0.4, -0.2) is 36.9 Å². The third-order valence-corrected chi connectivity index (χ3v) is 4.54. The zero-order valence-electron chi connectivity index (χ0n) is 16.7. The van der Waals surface area contributed by atoms with E-state index in [1.807, 2.05) is 50.2 Å². The van der Waals surface area contributed by atoms with Gasteiger partial charge in [0.1, 0.15) is 11.8 Å². The summed E-state index contributed by atoms with van der Waals surface area (Å²) in [6, 6.07) is 13.1. The second-order valence-electron chi connectivity index (χ2n) is 6.84. The summed E-state index contributed by atoms with van der Waals surface area (Å²) in [6.07, 6.45) is 0.258. The molecule has 1 atom stereocenters. The molecule has 0 saturated carbocycles. The molecule has 0 saturated heterocycles. The molecular weight excluding hydrogens is 340 g/mol. The van der Waals surface area contributed by atoms with Crippen molar-refractivity contribution in [2.24, 2.45) is 0 Å². The third kappa shape index (κ3) is 5.58. The number of ether oxygens (including phenoxy) is 1. The number of amides is 2. The normalized spacial score (nSPS) is 11.6. The average Bonchev–Trinajstić information content (AvgIpc) is 2.64. The highest BCUT2D eigenvalue weighted by Gasteiger charge is 2.25. The largest absolute Gasteiger partial charge is 0.497 e. The Morgan fingerprint density at radius 3 is 2.33 bits per heavy atom. The van der Waals surface area contributed by atoms with Gasteiger partial charge in [0.05, 0.1) is 13.5 Å². The summed E-state index contributed by atoms with van der Waals surface area (Å²) in [4.78, 5) is 26.9. The Morgan fingerprint density at radius 2 is 1.74 bits per heavy atom. The zero-order valence-corrected chi connectivity index (χ0v) is 16.7. The van der Waals surface area contributed by atoms with E-state index in [1.165, 1.54) is 0 Å². The topological polar surface area (TPSA) is 58.6 Å². The molecule has 0 unspecified atom stereocenters. The summed E-state index contributed by atoms with van der Waals surface area (Å²) < 4.78 is 5.27. The summed E-state index contributed by atoms with van der Waals surface area (Å²) in [5.74, 6) is 0.451. The number of likely N-dealkylation sites (N-methyl/N-ethyl adjacent to an activating group) is 1. The standard InChI is InChI=1S/C22H28N2O3/c1-15-9-16(2)11-19(10-15)13-21(25)24(17(3)22(26)23-4)14-18-7-6-8-20(12-18)27-5/h6-12,17H,13-14H2,1-5H3,(H,23,26)/t17-/m1/s1. The summed E-state index contributed by atoms with van der Waals surface area (Å²) in [5, 5.41) is 2.63. The molecule has 2 rings (SSSR count). The van der Waals surface area contributed by atoms with Gasteiger partial charge < -0.3 is 15.0 Å². The number of hydrogen-bond acceptors (Lipinski definition) is 3. The second kappa shape index (κ2) is 9.21. The lowest BCUT2D eigenvalue weighted by atomic mass is 10.0. The number of carbonyl (C=O) groups excluding carboxylic acids is 2. The Bertz CT molecular complexity index is 797. The predicted octanol–water partition coefficient (Wildman–Crippen LogP) is 3.02. The molecule has 2 amide bonds. The van der Waals surface area contributed by atoms with E-state index in [9.17, 15) is 9.59 Å². The Kier molecular flexibility index (Phi) is 6.99. The van der Waals surface area contributed by atoms with E-state index in [2.05, 4.69) is 11.4 Å². The highest BCUT2D eigenvalue weighted by atomic mass is 16.5. The fraction of sp³-hybridized carbons (Fsp3) is 0.364. The van der Waals surface area contributed by atoms with Crippen molar-refractivity contribution in [2.75, 3.05) is 14.2 Å². The average molecular weight is 368 g/mol. The molecule has 2 aromatic rings. The molecule has 0 aliphatic carbocycles. The number of nitrogens with zero attached hydrogens (tertiary/aromatic N) is 1. The van der Waals surface area contributed by atoms with Crippen LogP contribution in [0.25, 0.3) is 0 Å². The van der Waals surface area contributed by atoms with Crippen molar-refractivity contribution >= 4 is 11.8 Å². The lowest BCUT2D eigenvalue weighted by molar-refractivity contribution is -0.139. The van der Waals surface area contributed by atoms with Crippen molar-refractivity contribution in [1.82, 2.24) is 10.2 Å². The molecule has 1 N–H and O–H groups in total. The van der Waals surface area contributed by atoms with Gasteiger partial charge in [0, 0.05) is 13.6 Å². The maximum absolute atomic E-state index is 13.1. The molecule has 0 aromatic heterocycles. The molecule has 5 heteroatoms. The van der Waals surface area contributed by atoms with Gasteiger partial charge in [-0.3, -0.25) is 9.59 Å². The Labute approximate surface area is 161 Å². The number of benzene rings is 2. The van der Waals surface area contributed by atoms with Crippen LogP contribution in [0.2, 0.25) is 0 Å². The van der Waals surface area contributed by atoms with Gasteiger partial charge in [-0.2, -0.15) is 0 Å². The molecule has 2 aromatic carbocycles. The number of hydrogen-bond donors (Lipinski definition) is 1. The van der Waals surface area contributed by atoms with Crippen LogP contribution in [0.1, 0.15) is 29.2 Å². The highest BCUT2D eigenvalue weighted by molar-refractivity contribution is 5.88. The number of aryl methyl sites for hydroxylation is 2. The SMILES string of the molecule is CNC(=O)[C@@H](C)N(Cc1cccc(OC)c1)C(=O)Cc1cc(C)cc(C)c1. The van der Waals surface area contributed by atoms with E-state index in [0.717, 1.165) is 28.0 Å². The minimum absolute atomic E-state index is 0.0843. The Hall–Kier alpha value is -2.82. The maximum atomic E-state index is 13.1. The minimum atomic E-state index is -0.570. The minimum Gasteiger partial charge on any atom is -0.497 e. The lowest BCUT2D eigenvalue weighted by Crippen LogP contribution is -2.47. The van der Waals surface area contributed by atoms with E-state index in [0.29, 0.717) is 6.54 Å². The fourth-order valence-corrected chi connectivity index (χ4v) is 3.21. The van der Waals surface area contributed by atoms with Gasteiger partial charge in [-0.1, -0.05) is 41.5 Å². The molecule has 0 spiro atoms. The van der Waals surface area contributed by atoms with Crippen molar-refractivity contribution in [2.45, 2.75) is 39.8 Å². The maximum Gasteiger partial charge on any atom is 0.242 e. The quantitative estimate of drug-likeness (QED) is 0.817. The van der Waals surface area contributed by atoms with Gasteiger partial charge in [0.15, 0.2) is 0 Å². The molecule has 0 aliphatic heterocycles. The smallest absolute Gasteiger partial charge is 0.242 e. The molecule has 0 aliphatic rings. The van der Waals surface area contributed by atoms with Crippen LogP contribution in [0.5, 0.6) is 5.75 Å². The summed E-state index contributed by atoms with van der Waals surface area (Å²) in [5.41, 5.74) is 4.11. The van der Waals surface area contributed by atoms with Crippen LogP contribution in [0.4, 0.5) is 0 Å². The lowest BCUT2D eigenvalue weighted by Gasteiger charge is -2.28. The molecule has 0 fully saturated rings. The van der Waals surface area contributed by atoms with Crippen LogP contribution < -0.4 is 10.1 Å². The van der Waals surface area contributed by atoms with Crippen LogP contribution >= 0.6 is 0 Å². The number of rotatable bonds is 7. The van der Waals surface area contributed by atoms with Gasteiger partial charge >= 0.3 is 0 Å². The highest BCUT2D eigenvalue weighted by Crippen LogP contribution is 2.18. The van der Waals surface area contributed by atoms with Crippen molar-refractivity contribution in [3.05, 3.63) is 64.7 Å².